The highest BCUT2D eigenvalue weighted by atomic mass is 32.2. The van der Waals surface area contributed by atoms with Gasteiger partial charge in [0, 0.05) is 12.6 Å². The molecule has 6 heteroatoms. The van der Waals surface area contributed by atoms with Crippen LogP contribution in [-0.4, -0.2) is 46.4 Å². The van der Waals surface area contributed by atoms with Crippen molar-refractivity contribution in [3.63, 3.8) is 0 Å². The Labute approximate surface area is 91.1 Å². The molecule has 0 bridgehead atoms. The van der Waals surface area contributed by atoms with Crippen molar-refractivity contribution in [1.29, 1.82) is 0 Å². The van der Waals surface area contributed by atoms with E-state index in [0.717, 1.165) is 39.0 Å². The molecule has 0 spiro atoms. The SMILES string of the molecule is O=S(=O)(CC1CCNC1)NC1CCNC1. The molecule has 2 atom stereocenters. The first-order valence-corrected chi connectivity index (χ1v) is 7.22. The molecule has 88 valence electrons. The standard InChI is InChI=1S/C9H19N3O2S/c13-15(14,7-8-1-3-10-5-8)12-9-2-4-11-6-9/h8-12H,1-7H2. The van der Waals surface area contributed by atoms with Crippen molar-refractivity contribution in [2.75, 3.05) is 31.9 Å². The van der Waals surface area contributed by atoms with Crippen molar-refractivity contribution in [2.24, 2.45) is 5.92 Å². The van der Waals surface area contributed by atoms with E-state index in [9.17, 15) is 8.42 Å². The van der Waals surface area contributed by atoms with E-state index >= 15 is 0 Å². The highest BCUT2D eigenvalue weighted by Crippen LogP contribution is 2.11. The van der Waals surface area contributed by atoms with Crippen LogP contribution in [0.25, 0.3) is 0 Å². The molecule has 0 amide bonds. The van der Waals surface area contributed by atoms with E-state index in [-0.39, 0.29) is 17.7 Å². The summed E-state index contributed by atoms with van der Waals surface area (Å²) in [6, 6.07) is 0.101. The van der Waals surface area contributed by atoms with Crippen LogP contribution in [0.15, 0.2) is 0 Å². The first-order chi connectivity index (χ1) is 7.16. The summed E-state index contributed by atoms with van der Waals surface area (Å²) < 4.78 is 26.3. The van der Waals surface area contributed by atoms with Crippen LogP contribution in [0.1, 0.15) is 12.8 Å². The number of rotatable bonds is 4. The van der Waals surface area contributed by atoms with Crippen molar-refractivity contribution >= 4 is 10.0 Å². The maximum absolute atomic E-state index is 11.8. The molecule has 2 rings (SSSR count). The molecule has 0 radical (unpaired) electrons. The quantitative estimate of drug-likeness (QED) is 0.575. The van der Waals surface area contributed by atoms with Gasteiger partial charge in [0.15, 0.2) is 0 Å². The van der Waals surface area contributed by atoms with Gasteiger partial charge in [-0.05, 0) is 38.4 Å². The van der Waals surface area contributed by atoms with Crippen molar-refractivity contribution < 1.29 is 8.42 Å². The third-order valence-electron chi connectivity index (χ3n) is 3.02. The number of hydrogen-bond donors (Lipinski definition) is 3. The zero-order chi connectivity index (χ0) is 10.7. The highest BCUT2D eigenvalue weighted by molar-refractivity contribution is 7.89. The fourth-order valence-electron chi connectivity index (χ4n) is 2.22. The molecular formula is C9H19N3O2S. The monoisotopic (exact) mass is 233 g/mol. The number of hydrogen-bond acceptors (Lipinski definition) is 4. The predicted molar refractivity (Wildman–Crippen MR) is 59.2 cm³/mol. The zero-order valence-electron chi connectivity index (χ0n) is 8.83. The fourth-order valence-corrected chi connectivity index (χ4v) is 3.93. The van der Waals surface area contributed by atoms with Crippen molar-refractivity contribution in [3.8, 4) is 0 Å². The normalized spacial score (nSPS) is 32.3. The summed E-state index contributed by atoms with van der Waals surface area (Å²) in [5.41, 5.74) is 0. The van der Waals surface area contributed by atoms with Gasteiger partial charge in [-0.1, -0.05) is 0 Å². The van der Waals surface area contributed by atoms with Crippen LogP contribution >= 0.6 is 0 Å². The smallest absolute Gasteiger partial charge is 0.212 e. The molecule has 5 nitrogen and oxygen atoms in total. The molecule has 0 aromatic carbocycles. The molecule has 2 saturated heterocycles. The maximum Gasteiger partial charge on any atom is 0.212 e. The number of sulfonamides is 1. The first-order valence-electron chi connectivity index (χ1n) is 5.57. The van der Waals surface area contributed by atoms with Gasteiger partial charge in [-0.3, -0.25) is 0 Å². The molecule has 2 aliphatic rings. The van der Waals surface area contributed by atoms with Gasteiger partial charge in [0.25, 0.3) is 0 Å². The van der Waals surface area contributed by atoms with Crippen LogP contribution in [0.2, 0.25) is 0 Å². The van der Waals surface area contributed by atoms with E-state index in [1.54, 1.807) is 0 Å². The molecule has 0 aromatic heterocycles. The van der Waals surface area contributed by atoms with E-state index in [4.69, 9.17) is 0 Å². The van der Waals surface area contributed by atoms with Gasteiger partial charge in [0.05, 0.1) is 5.75 Å². The van der Waals surface area contributed by atoms with Crippen molar-refractivity contribution in [3.05, 3.63) is 0 Å². The van der Waals surface area contributed by atoms with Gasteiger partial charge >= 0.3 is 0 Å². The van der Waals surface area contributed by atoms with Crippen LogP contribution in [0.5, 0.6) is 0 Å². The lowest BCUT2D eigenvalue weighted by Crippen LogP contribution is -2.39. The third kappa shape index (κ3) is 3.41. The molecule has 2 aliphatic heterocycles. The van der Waals surface area contributed by atoms with Crippen LogP contribution in [0, 0.1) is 5.92 Å². The Morgan fingerprint density at radius 3 is 2.47 bits per heavy atom. The van der Waals surface area contributed by atoms with E-state index in [1.165, 1.54) is 0 Å². The minimum Gasteiger partial charge on any atom is -0.316 e. The Morgan fingerprint density at radius 1 is 1.13 bits per heavy atom. The lowest BCUT2D eigenvalue weighted by atomic mass is 10.2. The van der Waals surface area contributed by atoms with Crippen LogP contribution in [0.3, 0.4) is 0 Å². The van der Waals surface area contributed by atoms with Gasteiger partial charge in [-0.25, -0.2) is 13.1 Å². The van der Waals surface area contributed by atoms with Crippen LogP contribution < -0.4 is 15.4 Å². The topological polar surface area (TPSA) is 70.2 Å². The first kappa shape index (κ1) is 11.3. The fraction of sp³-hybridized carbons (Fsp3) is 1.00. The van der Waals surface area contributed by atoms with E-state index in [2.05, 4.69) is 15.4 Å². The largest absolute Gasteiger partial charge is 0.316 e. The second kappa shape index (κ2) is 4.78. The summed E-state index contributed by atoms with van der Waals surface area (Å²) in [6.07, 6.45) is 1.88. The second-order valence-electron chi connectivity index (χ2n) is 4.45. The summed E-state index contributed by atoms with van der Waals surface area (Å²) >= 11 is 0. The van der Waals surface area contributed by atoms with Gasteiger partial charge in [0.2, 0.25) is 10.0 Å². The summed E-state index contributed by atoms with van der Waals surface area (Å²) in [7, 11) is -3.08. The van der Waals surface area contributed by atoms with E-state index in [0.29, 0.717) is 0 Å². The average molecular weight is 233 g/mol. The minimum absolute atomic E-state index is 0.101. The molecule has 2 heterocycles. The van der Waals surface area contributed by atoms with E-state index in [1.807, 2.05) is 0 Å². The molecule has 2 fully saturated rings. The predicted octanol–water partition coefficient (Wildman–Crippen LogP) is -1.12. The number of nitrogens with one attached hydrogen (secondary N) is 3. The molecule has 2 unspecified atom stereocenters. The van der Waals surface area contributed by atoms with Crippen LogP contribution in [0.4, 0.5) is 0 Å². The average Bonchev–Trinajstić information content (AvgIpc) is 2.75. The Balaban J connectivity index is 1.82. The summed E-state index contributed by atoms with van der Waals surface area (Å²) in [4.78, 5) is 0. The second-order valence-corrected chi connectivity index (χ2v) is 6.25. The maximum atomic E-state index is 11.8. The van der Waals surface area contributed by atoms with Crippen molar-refractivity contribution in [1.82, 2.24) is 15.4 Å². The Morgan fingerprint density at radius 2 is 1.87 bits per heavy atom. The van der Waals surface area contributed by atoms with Gasteiger partial charge < -0.3 is 10.6 Å². The van der Waals surface area contributed by atoms with Gasteiger partial charge in [0.1, 0.15) is 0 Å². The molecular weight excluding hydrogens is 214 g/mol. The Hall–Kier alpha value is -0.170. The summed E-state index contributed by atoms with van der Waals surface area (Å²) in [5.74, 6) is 0.563. The summed E-state index contributed by atoms with van der Waals surface area (Å²) in [6.45, 7) is 3.47. The Kier molecular flexibility index (Phi) is 3.60. The lowest BCUT2D eigenvalue weighted by molar-refractivity contribution is 0.540. The van der Waals surface area contributed by atoms with Gasteiger partial charge in [-0.2, -0.15) is 0 Å². The molecule has 0 aromatic rings. The molecule has 15 heavy (non-hydrogen) atoms. The Bertz CT molecular complexity index is 268. The minimum atomic E-state index is -3.08. The highest BCUT2D eigenvalue weighted by Gasteiger charge is 2.25. The van der Waals surface area contributed by atoms with Gasteiger partial charge in [-0.15, -0.1) is 0 Å². The van der Waals surface area contributed by atoms with Crippen LogP contribution in [-0.2, 0) is 10.0 Å². The zero-order valence-corrected chi connectivity index (χ0v) is 9.65. The third-order valence-corrected chi connectivity index (χ3v) is 4.63. The van der Waals surface area contributed by atoms with E-state index < -0.39 is 10.0 Å². The molecule has 0 aliphatic carbocycles. The molecule has 3 N–H and O–H groups in total. The lowest BCUT2D eigenvalue weighted by Gasteiger charge is -2.14. The molecule has 0 saturated carbocycles. The summed E-state index contributed by atoms with van der Waals surface area (Å²) in [5, 5.41) is 6.33. The van der Waals surface area contributed by atoms with Crippen molar-refractivity contribution in [2.45, 2.75) is 18.9 Å².